The van der Waals surface area contributed by atoms with Crippen LogP contribution in [-0.4, -0.2) is 42.6 Å². The van der Waals surface area contributed by atoms with Gasteiger partial charge < -0.3 is 14.4 Å². The number of ether oxygens (including phenoxy) is 2. The van der Waals surface area contributed by atoms with Crippen molar-refractivity contribution in [3.8, 4) is 5.75 Å². The van der Waals surface area contributed by atoms with E-state index in [0.29, 0.717) is 5.02 Å². The SMILES string of the molecule is COC(=O)[C@@H]1C[C@@H](Oc2ccccc2F)CN1C(=O)c1ccccc1Cl. The molecule has 1 heterocycles. The molecule has 136 valence electrons. The predicted octanol–water partition coefficient (Wildman–Crippen LogP) is 3.31. The minimum Gasteiger partial charge on any atom is -0.485 e. The molecule has 3 rings (SSSR count). The molecule has 1 amide bonds. The van der Waals surface area contributed by atoms with Gasteiger partial charge in [0.2, 0.25) is 0 Å². The van der Waals surface area contributed by atoms with Gasteiger partial charge in [-0.3, -0.25) is 4.79 Å². The second-order valence-corrected chi connectivity index (χ2v) is 6.29. The number of likely N-dealkylation sites (tertiary alicyclic amines) is 1. The van der Waals surface area contributed by atoms with E-state index in [-0.39, 0.29) is 24.3 Å². The van der Waals surface area contributed by atoms with Crippen LogP contribution >= 0.6 is 11.6 Å². The number of nitrogens with zero attached hydrogens (tertiary/aromatic N) is 1. The molecule has 1 aliphatic rings. The normalized spacial score (nSPS) is 19.3. The van der Waals surface area contributed by atoms with Gasteiger partial charge in [0.25, 0.3) is 5.91 Å². The Morgan fingerprint density at radius 2 is 1.85 bits per heavy atom. The molecule has 0 aliphatic carbocycles. The quantitative estimate of drug-likeness (QED) is 0.767. The summed E-state index contributed by atoms with van der Waals surface area (Å²) in [5.74, 6) is -1.37. The minimum atomic E-state index is -0.819. The standard InChI is InChI=1S/C19H17ClFNO4/c1-25-19(24)16-10-12(26-17-9-5-4-8-15(17)21)11-22(16)18(23)13-6-2-3-7-14(13)20/h2-9,12,16H,10-11H2,1H3/t12-,16+/m1/s1. The molecule has 0 N–H and O–H groups in total. The third kappa shape index (κ3) is 3.65. The van der Waals surface area contributed by atoms with Crippen LogP contribution in [-0.2, 0) is 9.53 Å². The molecule has 1 aliphatic heterocycles. The van der Waals surface area contributed by atoms with Gasteiger partial charge in [-0.1, -0.05) is 35.9 Å². The fraction of sp³-hybridized carbons (Fsp3) is 0.263. The highest BCUT2D eigenvalue weighted by Crippen LogP contribution is 2.28. The Kier molecular flexibility index (Phi) is 5.42. The summed E-state index contributed by atoms with van der Waals surface area (Å²) in [7, 11) is 1.26. The zero-order valence-corrected chi connectivity index (χ0v) is 14.8. The highest BCUT2D eigenvalue weighted by molar-refractivity contribution is 6.33. The van der Waals surface area contributed by atoms with Crippen LogP contribution in [0.15, 0.2) is 48.5 Å². The van der Waals surface area contributed by atoms with Crippen molar-refractivity contribution < 1.29 is 23.5 Å². The Morgan fingerprint density at radius 3 is 2.54 bits per heavy atom. The second kappa shape index (κ2) is 7.74. The molecule has 7 heteroatoms. The van der Waals surface area contributed by atoms with Crippen LogP contribution in [0.2, 0.25) is 5.02 Å². The first-order chi connectivity index (χ1) is 12.5. The summed E-state index contributed by atoms with van der Waals surface area (Å²) in [6, 6.07) is 11.8. The summed E-state index contributed by atoms with van der Waals surface area (Å²) in [6.07, 6.45) is -0.334. The molecular weight excluding hydrogens is 361 g/mol. The van der Waals surface area contributed by atoms with Crippen LogP contribution in [0, 0.1) is 5.82 Å². The van der Waals surface area contributed by atoms with Crippen molar-refractivity contribution >= 4 is 23.5 Å². The molecule has 0 aromatic heterocycles. The van der Waals surface area contributed by atoms with E-state index in [2.05, 4.69) is 0 Å². The van der Waals surface area contributed by atoms with E-state index in [0.717, 1.165) is 0 Å². The number of hydrogen-bond acceptors (Lipinski definition) is 4. The largest absolute Gasteiger partial charge is 0.485 e. The molecule has 2 aromatic rings. The molecule has 0 spiro atoms. The maximum atomic E-state index is 13.8. The highest BCUT2D eigenvalue weighted by atomic mass is 35.5. The molecule has 2 atom stereocenters. The van der Waals surface area contributed by atoms with E-state index in [4.69, 9.17) is 21.1 Å². The van der Waals surface area contributed by atoms with Crippen molar-refractivity contribution in [3.05, 3.63) is 64.9 Å². The number of carbonyl (C=O) groups excluding carboxylic acids is 2. The molecule has 0 unspecified atom stereocenters. The Morgan fingerprint density at radius 1 is 1.15 bits per heavy atom. The van der Waals surface area contributed by atoms with E-state index < -0.39 is 29.8 Å². The zero-order chi connectivity index (χ0) is 18.7. The van der Waals surface area contributed by atoms with Gasteiger partial charge in [0.1, 0.15) is 12.1 Å². The van der Waals surface area contributed by atoms with E-state index in [9.17, 15) is 14.0 Å². The van der Waals surface area contributed by atoms with Crippen LogP contribution in [0.3, 0.4) is 0 Å². The van der Waals surface area contributed by atoms with Gasteiger partial charge >= 0.3 is 5.97 Å². The Balaban J connectivity index is 1.83. The van der Waals surface area contributed by atoms with Gasteiger partial charge in [0, 0.05) is 6.42 Å². The monoisotopic (exact) mass is 377 g/mol. The summed E-state index contributed by atoms with van der Waals surface area (Å²) in [5.41, 5.74) is 0.287. The van der Waals surface area contributed by atoms with Crippen molar-refractivity contribution in [2.75, 3.05) is 13.7 Å². The summed E-state index contributed by atoms with van der Waals surface area (Å²) in [4.78, 5) is 26.4. The third-order valence-electron chi connectivity index (χ3n) is 4.23. The number of benzene rings is 2. The number of halogens is 2. The number of hydrogen-bond donors (Lipinski definition) is 0. The first-order valence-electron chi connectivity index (χ1n) is 8.05. The number of carbonyl (C=O) groups is 2. The minimum absolute atomic E-state index is 0.0770. The lowest BCUT2D eigenvalue weighted by atomic mass is 10.1. The maximum Gasteiger partial charge on any atom is 0.328 e. The molecule has 1 saturated heterocycles. The van der Waals surface area contributed by atoms with Gasteiger partial charge in [-0.15, -0.1) is 0 Å². The number of methoxy groups -OCH3 is 1. The average Bonchev–Trinajstić information content (AvgIpc) is 3.07. The number of rotatable bonds is 4. The van der Waals surface area contributed by atoms with E-state index >= 15 is 0 Å². The number of amides is 1. The van der Waals surface area contributed by atoms with Crippen LogP contribution in [0.4, 0.5) is 4.39 Å². The van der Waals surface area contributed by atoms with E-state index in [1.165, 1.54) is 24.1 Å². The Labute approximate surface area is 155 Å². The van der Waals surface area contributed by atoms with Crippen molar-refractivity contribution in [2.45, 2.75) is 18.6 Å². The zero-order valence-electron chi connectivity index (χ0n) is 14.0. The van der Waals surface area contributed by atoms with Crippen LogP contribution in [0.1, 0.15) is 16.8 Å². The Hall–Kier alpha value is -2.60. The van der Waals surface area contributed by atoms with Crippen molar-refractivity contribution in [2.24, 2.45) is 0 Å². The van der Waals surface area contributed by atoms with Crippen LogP contribution < -0.4 is 4.74 Å². The molecule has 5 nitrogen and oxygen atoms in total. The highest BCUT2D eigenvalue weighted by Gasteiger charge is 2.42. The lowest BCUT2D eigenvalue weighted by molar-refractivity contribution is -0.145. The summed E-state index contributed by atoms with van der Waals surface area (Å²) in [5, 5.41) is 0.291. The first-order valence-corrected chi connectivity index (χ1v) is 8.43. The molecule has 0 saturated carbocycles. The smallest absolute Gasteiger partial charge is 0.328 e. The van der Waals surface area contributed by atoms with Gasteiger partial charge in [-0.05, 0) is 24.3 Å². The summed E-state index contributed by atoms with van der Waals surface area (Å²) in [6.45, 7) is 0.123. The summed E-state index contributed by atoms with van der Waals surface area (Å²) < 4.78 is 24.3. The maximum absolute atomic E-state index is 13.8. The molecule has 1 fully saturated rings. The van der Waals surface area contributed by atoms with Gasteiger partial charge in [0.15, 0.2) is 11.6 Å². The number of para-hydroxylation sites is 1. The molecule has 2 aromatic carbocycles. The average molecular weight is 378 g/mol. The lowest BCUT2D eigenvalue weighted by Crippen LogP contribution is -2.41. The fourth-order valence-corrected chi connectivity index (χ4v) is 3.19. The van der Waals surface area contributed by atoms with Crippen molar-refractivity contribution in [3.63, 3.8) is 0 Å². The van der Waals surface area contributed by atoms with Gasteiger partial charge in [0.05, 0.1) is 24.2 Å². The second-order valence-electron chi connectivity index (χ2n) is 5.88. The van der Waals surface area contributed by atoms with Crippen LogP contribution in [0.25, 0.3) is 0 Å². The van der Waals surface area contributed by atoms with E-state index in [1.807, 2.05) is 0 Å². The molecule has 26 heavy (non-hydrogen) atoms. The van der Waals surface area contributed by atoms with Gasteiger partial charge in [-0.25, -0.2) is 9.18 Å². The van der Waals surface area contributed by atoms with Crippen molar-refractivity contribution in [1.82, 2.24) is 4.90 Å². The molecule has 0 radical (unpaired) electrons. The lowest BCUT2D eigenvalue weighted by Gasteiger charge is -2.22. The van der Waals surface area contributed by atoms with Crippen LogP contribution in [0.5, 0.6) is 5.75 Å². The molecule has 0 bridgehead atoms. The fourth-order valence-electron chi connectivity index (χ4n) is 2.98. The topological polar surface area (TPSA) is 55.8 Å². The third-order valence-corrected chi connectivity index (χ3v) is 4.56. The summed E-state index contributed by atoms with van der Waals surface area (Å²) >= 11 is 6.10. The Bertz CT molecular complexity index is 829. The van der Waals surface area contributed by atoms with Gasteiger partial charge in [-0.2, -0.15) is 0 Å². The first kappa shape index (κ1) is 18.2. The number of esters is 1. The van der Waals surface area contributed by atoms with Crippen molar-refractivity contribution in [1.29, 1.82) is 0 Å². The predicted molar refractivity (Wildman–Crippen MR) is 93.7 cm³/mol. The van der Waals surface area contributed by atoms with E-state index in [1.54, 1.807) is 36.4 Å². The molecular formula is C19H17ClFNO4.